The van der Waals surface area contributed by atoms with Crippen molar-refractivity contribution in [3.63, 3.8) is 0 Å². The molecule has 0 spiro atoms. The van der Waals surface area contributed by atoms with Gasteiger partial charge in [0.15, 0.2) is 0 Å². The first kappa shape index (κ1) is 19.3. The van der Waals surface area contributed by atoms with Crippen molar-refractivity contribution in [3.8, 4) is 0 Å². The molecule has 144 valence electrons. The van der Waals surface area contributed by atoms with Crippen LogP contribution in [0.4, 0.5) is 0 Å². The van der Waals surface area contributed by atoms with Gasteiger partial charge in [-0.1, -0.05) is 12.1 Å². The zero-order valence-corrected chi connectivity index (χ0v) is 16.0. The van der Waals surface area contributed by atoms with Crippen LogP contribution in [0.15, 0.2) is 29.2 Å². The summed E-state index contributed by atoms with van der Waals surface area (Å²) in [5, 5.41) is 12.8. The molecule has 1 heterocycles. The Morgan fingerprint density at radius 2 is 2.04 bits per heavy atom. The summed E-state index contributed by atoms with van der Waals surface area (Å²) in [4.78, 5) is 12.9. The molecule has 2 N–H and O–H groups in total. The summed E-state index contributed by atoms with van der Waals surface area (Å²) in [6.07, 6.45) is 4.18. The van der Waals surface area contributed by atoms with Gasteiger partial charge in [0.25, 0.3) is 0 Å². The molecule has 3 unspecified atom stereocenters. The molecule has 1 aliphatic carbocycles. The second kappa shape index (κ2) is 8.06. The Hall–Kier alpha value is -1.44. The van der Waals surface area contributed by atoms with Crippen molar-refractivity contribution >= 4 is 15.9 Å². The topological polar surface area (TPSA) is 86.7 Å². The molecule has 0 radical (unpaired) electrons. The molecule has 1 aromatic rings. The van der Waals surface area contributed by atoms with Crippen LogP contribution < -0.4 is 5.32 Å². The average Bonchev–Trinajstić information content (AvgIpc) is 2.62. The second-order valence-corrected chi connectivity index (χ2v) is 9.48. The van der Waals surface area contributed by atoms with Gasteiger partial charge in [-0.3, -0.25) is 4.79 Å². The zero-order valence-electron chi connectivity index (χ0n) is 15.2. The number of piperidine rings is 1. The highest BCUT2D eigenvalue weighted by Gasteiger charge is 2.34. The van der Waals surface area contributed by atoms with Crippen LogP contribution in [0.5, 0.6) is 0 Å². The highest BCUT2D eigenvalue weighted by Crippen LogP contribution is 2.25. The lowest BCUT2D eigenvalue weighted by Crippen LogP contribution is -2.48. The first-order valence-corrected chi connectivity index (χ1v) is 10.9. The van der Waals surface area contributed by atoms with Crippen molar-refractivity contribution in [3.05, 3.63) is 29.8 Å². The summed E-state index contributed by atoms with van der Waals surface area (Å²) in [6, 6.07) is 6.88. The van der Waals surface area contributed by atoms with E-state index in [2.05, 4.69) is 5.32 Å². The lowest BCUT2D eigenvalue weighted by Gasteiger charge is -2.33. The summed E-state index contributed by atoms with van der Waals surface area (Å²) in [5.74, 6) is -0.421. The third-order valence-electron chi connectivity index (χ3n) is 5.38. The van der Waals surface area contributed by atoms with Crippen LogP contribution in [0.25, 0.3) is 0 Å². The molecule has 7 heteroatoms. The molecule has 0 aromatic heterocycles. The van der Waals surface area contributed by atoms with Gasteiger partial charge in [0.05, 0.1) is 16.9 Å². The molecule has 3 atom stereocenters. The minimum absolute atomic E-state index is 0.00462. The average molecular weight is 381 g/mol. The van der Waals surface area contributed by atoms with E-state index in [0.29, 0.717) is 25.8 Å². The van der Waals surface area contributed by atoms with Gasteiger partial charge in [-0.25, -0.2) is 8.42 Å². The first-order chi connectivity index (χ1) is 12.4. The molecule has 1 saturated carbocycles. The van der Waals surface area contributed by atoms with Gasteiger partial charge in [-0.15, -0.1) is 0 Å². The van der Waals surface area contributed by atoms with Crippen LogP contribution in [-0.4, -0.2) is 49.0 Å². The summed E-state index contributed by atoms with van der Waals surface area (Å²) in [6.45, 7) is 2.53. The van der Waals surface area contributed by atoms with E-state index in [1.165, 1.54) is 4.31 Å². The van der Waals surface area contributed by atoms with Gasteiger partial charge in [0.2, 0.25) is 15.9 Å². The van der Waals surface area contributed by atoms with Gasteiger partial charge in [0, 0.05) is 19.1 Å². The van der Waals surface area contributed by atoms with E-state index in [9.17, 15) is 18.3 Å². The zero-order chi connectivity index (χ0) is 18.7. The van der Waals surface area contributed by atoms with Crippen LogP contribution >= 0.6 is 0 Å². The maximum absolute atomic E-state index is 12.9. The molecular formula is C19H28N2O4S. The minimum atomic E-state index is -3.58. The molecule has 1 saturated heterocycles. The quantitative estimate of drug-likeness (QED) is 0.834. The van der Waals surface area contributed by atoms with Gasteiger partial charge in [-0.05, 0) is 63.1 Å². The van der Waals surface area contributed by atoms with E-state index in [1.807, 2.05) is 13.0 Å². The van der Waals surface area contributed by atoms with Gasteiger partial charge < -0.3 is 10.4 Å². The SMILES string of the molecule is Cc1cccc(S(=O)(=O)N2CCCC(C(=O)NC3CCCC(O)C3)C2)c1. The number of hydrogen-bond acceptors (Lipinski definition) is 4. The fraction of sp³-hybridized carbons (Fsp3) is 0.632. The van der Waals surface area contributed by atoms with Crippen LogP contribution in [-0.2, 0) is 14.8 Å². The number of nitrogens with one attached hydrogen (secondary N) is 1. The third kappa shape index (κ3) is 4.45. The summed E-state index contributed by atoms with van der Waals surface area (Å²) in [7, 11) is -3.58. The first-order valence-electron chi connectivity index (χ1n) is 9.41. The number of carbonyl (C=O) groups is 1. The van der Waals surface area contributed by atoms with E-state index >= 15 is 0 Å². The fourth-order valence-corrected chi connectivity index (χ4v) is 5.54. The third-order valence-corrected chi connectivity index (χ3v) is 7.24. The van der Waals surface area contributed by atoms with Crippen molar-refractivity contribution in [2.45, 2.75) is 62.5 Å². The Labute approximate surface area is 155 Å². The summed E-state index contributed by atoms with van der Waals surface area (Å²) < 4.78 is 27.2. The number of aliphatic hydroxyl groups excluding tert-OH is 1. The maximum atomic E-state index is 12.9. The standard InChI is InChI=1S/C19H28N2O4S/c1-14-5-2-9-18(11-14)26(24,25)21-10-4-6-15(13-21)19(23)20-16-7-3-8-17(22)12-16/h2,5,9,11,15-17,22H,3-4,6-8,10,12-13H2,1H3,(H,20,23). The number of carbonyl (C=O) groups excluding carboxylic acids is 1. The van der Waals surface area contributed by atoms with Crippen LogP contribution in [0, 0.1) is 12.8 Å². The number of rotatable bonds is 4. The molecule has 0 bridgehead atoms. The Kier molecular flexibility index (Phi) is 5.99. The number of nitrogens with zero attached hydrogens (tertiary/aromatic N) is 1. The van der Waals surface area contributed by atoms with Gasteiger partial charge >= 0.3 is 0 Å². The summed E-state index contributed by atoms with van der Waals surface area (Å²) in [5.41, 5.74) is 0.897. The predicted molar refractivity (Wildman–Crippen MR) is 99.1 cm³/mol. The number of benzene rings is 1. The second-order valence-electron chi connectivity index (χ2n) is 7.54. The lowest BCUT2D eigenvalue weighted by atomic mass is 9.91. The summed E-state index contributed by atoms with van der Waals surface area (Å²) >= 11 is 0. The fourth-order valence-electron chi connectivity index (χ4n) is 3.91. The minimum Gasteiger partial charge on any atom is -0.393 e. The molecule has 3 rings (SSSR count). The number of amides is 1. The molecule has 1 amide bonds. The Morgan fingerprint density at radius 3 is 2.77 bits per heavy atom. The normalized spacial score (nSPS) is 27.8. The van der Waals surface area contributed by atoms with Crippen molar-refractivity contribution in [1.82, 2.24) is 9.62 Å². The molecule has 2 aliphatic rings. The molecule has 6 nitrogen and oxygen atoms in total. The monoisotopic (exact) mass is 380 g/mol. The van der Waals surface area contributed by atoms with Crippen LogP contribution in [0.3, 0.4) is 0 Å². The van der Waals surface area contributed by atoms with Crippen molar-refractivity contribution in [1.29, 1.82) is 0 Å². The van der Waals surface area contributed by atoms with Crippen molar-refractivity contribution < 1.29 is 18.3 Å². The van der Waals surface area contributed by atoms with Gasteiger partial charge in [-0.2, -0.15) is 4.31 Å². The van der Waals surface area contributed by atoms with E-state index in [4.69, 9.17) is 0 Å². The lowest BCUT2D eigenvalue weighted by molar-refractivity contribution is -0.127. The maximum Gasteiger partial charge on any atom is 0.243 e. The Morgan fingerprint density at radius 1 is 1.23 bits per heavy atom. The van der Waals surface area contributed by atoms with Crippen molar-refractivity contribution in [2.24, 2.45) is 5.92 Å². The molecule has 26 heavy (non-hydrogen) atoms. The van der Waals surface area contributed by atoms with E-state index in [-0.39, 0.29) is 35.4 Å². The van der Waals surface area contributed by atoms with E-state index in [1.54, 1.807) is 18.2 Å². The van der Waals surface area contributed by atoms with E-state index in [0.717, 1.165) is 24.8 Å². The van der Waals surface area contributed by atoms with Crippen LogP contribution in [0.1, 0.15) is 44.1 Å². The molecule has 1 aromatic carbocycles. The molecular weight excluding hydrogens is 352 g/mol. The van der Waals surface area contributed by atoms with E-state index < -0.39 is 10.0 Å². The van der Waals surface area contributed by atoms with Crippen molar-refractivity contribution in [2.75, 3.05) is 13.1 Å². The molecule has 2 fully saturated rings. The number of hydrogen-bond donors (Lipinski definition) is 2. The number of sulfonamides is 1. The number of aliphatic hydroxyl groups is 1. The van der Waals surface area contributed by atoms with Crippen LogP contribution in [0.2, 0.25) is 0 Å². The Balaban J connectivity index is 1.66. The smallest absolute Gasteiger partial charge is 0.243 e. The highest BCUT2D eigenvalue weighted by molar-refractivity contribution is 7.89. The largest absolute Gasteiger partial charge is 0.393 e. The van der Waals surface area contributed by atoms with Gasteiger partial charge in [0.1, 0.15) is 0 Å². The Bertz CT molecular complexity index is 750. The predicted octanol–water partition coefficient (Wildman–Crippen LogP) is 1.82. The highest BCUT2D eigenvalue weighted by atomic mass is 32.2. The number of aryl methyl sites for hydroxylation is 1. The molecule has 1 aliphatic heterocycles.